The molecule has 1 saturated heterocycles. The molecule has 0 spiro atoms. The number of benzene rings is 1. The van der Waals surface area contributed by atoms with Crippen molar-refractivity contribution in [3.63, 3.8) is 0 Å². The van der Waals surface area contributed by atoms with E-state index in [-0.39, 0.29) is 18.6 Å². The van der Waals surface area contributed by atoms with Crippen LogP contribution in [0.3, 0.4) is 0 Å². The van der Waals surface area contributed by atoms with Gasteiger partial charge in [0.2, 0.25) is 0 Å². The number of rotatable bonds is 3. The van der Waals surface area contributed by atoms with Gasteiger partial charge in [0.25, 0.3) is 0 Å². The highest BCUT2D eigenvalue weighted by Gasteiger charge is 2.27. The number of pyridine rings is 1. The lowest BCUT2D eigenvalue weighted by molar-refractivity contribution is -0.00232. The summed E-state index contributed by atoms with van der Waals surface area (Å²) in [5.74, 6) is -0.0378. The summed E-state index contributed by atoms with van der Waals surface area (Å²) in [7, 11) is 0. The van der Waals surface area contributed by atoms with Crippen LogP contribution in [0.2, 0.25) is 0 Å². The Morgan fingerprint density at radius 3 is 2.90 bits per heavy atom. The summed E-state index contributed by atoms with van der Waals surface area (Å²) in [4.78, 5) is 6.93. The van der Waals surface area contributed by atoms with E-state index in [0.29, 0.717) is 0 Å². The van der Waals surface area contributed by atoms with Crippen LogP contribution in [0.5, 0.6) is 0 Å². The molecular weight excluding hydrogens is 252 g/mol. The Labute approximate surface area is 118 Å². The summed E-state index contributed by atoms with van der Waals surface area (Å²) in [5.41, 5.74) is 2.05. The number of likely N-dealkylation sites (tertiary alicyclic amines) is 1. The maximum Gasteiger partial charge on any atom is 0.0705 e. The number of aliphatic hydroxyl groups excluding tert-OH is 2. The molecular formula is C16H20N2O2. The molecule has 2 heterocycles. The highest BCUT2D eigenvalue weighted by Crippen LogP contribution is 2.19. The van der Waals surface area contributed by atoms with Gasteiger partial charge in [-0.05, 0) is 18.6 Å². The van der Waals surface area contributed by atoms with Crippen LogP contribution in [0.1, 0.15) is 12.1 Å². The van der Waals surface area contributed by atoms with Crippen molar-refractivity contribution in [3.05, 3.63) is 42.1 Å². The Kier molecular flexibility index (Phi) is 3.96. The van der Waals surface area contributed by atoms with Gasteiger partial charge in [-0.15, -0.1) is 0 Å². The fourth-order valence-electron chi connectivity index (χ4n) is 2.84. The maximum atomic E-state index is 9.79. The molecule has 106 valence electrons. The van der Waals surface area contributed by atoms with Gasteiger partial charge in [0.1, 0.15) is 0 Å². The van der Waals surface area contributed by atoms with E-state index in [4.69, 9.17) is 0 Å². The fourth-order valence-corrected chi connectivity index (χ4v) is 2.84. The molecule has 2 aromatic rings. The second kappa shape index (κ2) is 5.87. The van der Waals surface area contributed by atoms with E-state index in [2.05, 4.69) is 28.1 Å². The van der Waals surface area contributed by atoms with Crippen LogP contribution in [-0.4, -0.2) is 45.9 Å². The van der Waals surface area contributed by atoms with Gasteiger partial charge in [0.15, 0.2) is 0 Å². The quantitative estimate of drug-likeness (QED) is 0.887. The van der Waals surface area contributed by atoms with E-state index in [9.17, 15) is 10.2 Å². The molecule has 2 atom stereocenters. The summed E-state index contributed by atoms with van der Waals surface area (Å²) in [6.07, 6.45) is 0.347. The minimum Gasteiger partial charge on any atom is -0.396 e. The molecule has 0 aliphatic carbocycles. The minimum atomic E-state index is -0.374. The highest BCUT2D eigenvalue weighted by molar-refractivity contribution is 5.78. The second-order valence-electron chi connectivity index (χ2n) is 5.53. The fraction of sp³-hybridized carbons (Fsp3) is 0.438. The van der Waals surface area contributed by atoms with Gasteiger partial charge < -0.3 is 10.2 Å². The first-order chi connectivity index (χ1) is 9.76. The van der Waals surface area contributed by atoms with Gasteiger partial charge in [0, 0.05) is 37.5 Å². The van der Waals surface area contributed by atoms with Crippen LogP contribution in [0.4, 0.5) is 0 Å². The van der Waals surface area contributed by atoms with Crippen molar-refractivity contribution >= 4 is 10.9 Å². The SMILES string of the molecule is OC[C@@H]1CN(Cc2ccc3ccccc3n2)CC[C@@H]1O. The van der Waals surface area contributed by atoms with E-state index in [1.807, 2.05) is 18.2 Å². The largest absolute Gasteiger partial charge is 0.396 e. The number of hydrogen-bond donors (Lipinski definition) is 2. The number of nitrogens with zero attached hydrogens (tertiary/aromatic N) is 2. The molecule has 4 heteroatoms. The predicted octanol–water partition coefficient (Wildman–Crippen LogP) is 1.41. The molecule has 0 saturated carbocycles. The third-order valence-corrected chi connectivity index (χ3v) is 4.05. The Balaban J connectivity index is 1.73. The van der Waals surface area contributed by atoms with Crippen molar-refractivity contribution in [2.45, 2.75) is 19.1 Å². The number of para-hydroxylation sites is 1. The molecule has 0 radical (unpaired) electrons. The van der Waals surface area contributed by atoms with Gasteiger partial charge in [-0.1, -0.05) is 24.3 Å². The topological polar surface area (TPSA) is 56.6 Å². The van der Waals surface area contributed by atoms with Gasteiger partial charge in [-0.2, -0.15) is 0 Å². The molecule has 0 unspecified atom stereocenters. The van der Waals surface area contributed by atoms with Gasteiger partial charge in [-0.25, -0.2) is 0 Å². The van der Waals surface area contributed by atoms with Crippen molar-refractivity contribution in [1.29, 1.82) is 0 Å². The monoisotopic (exact) mass is 272 g/mol. The summed E-state index contributed by atoms with van der Waals surface area (Å²) >= 11 is 0. The van der Waals surface area contributed by atoms with E-state index >= 15 is 0 Å². The zero-order chi connectivity index (χ0) is 13.9. The lowest BCUT2D eigenvalue weighted by Crippen LogP contribution is -2.44. The molecule has 1 aliphatic rings. The molecule has 2 N–H and O–H groups in total. The number of aliphatic hydroxyl groups is 2. The van der Waals surface area contributed by atoms with Crippen LogP contribution >= 0.6 is 0 Å². The van der Waals surface area contributed by atoms with Crippen molar-refractivity contribution in [2.75, 3.05) is 19.7 Å². The predicted molar refractivity (Wildman–Crippen MR) is 78.2 cm³/mol. The summed E-state index contributed by atoms with van der Waals surface area (Å²) < 4.78 is 0. The van der Waals surface area contributed by atoms with Crippen molar-refractivity contribution in [1.82, 2.24) is 9.88 Å². The molecule has 1 aromatic carbocycles. The molecule has 4 nitrogen and oxygen atoms in total. The normalized spacial score (nSPS) is 24.1. The van der Waals surface area contributed by atoms with Crippen LogP contribution in [-0.2, 0) is 6.54 Å². The zero-order valence-corrected chi connectivity index (χ0v) is 11.4. The first-order valence-electron chi connectivity index (χ1n) is 7.12. The maximum absolute atomic E-state index is 9.79. The molecule has 3 rings (SSSR count). The first kappa shape index (κ1) is 13.5. The number of aromatic nitrogens is 1. The van der Waals surface area contributed by atoms with Crippen LogP contribution in [0.15, 0.2) is 36.4 Å². The molecule has 0 bridgehead atoms. The second-order valence-corrected chi connectivity index (χ2v) is 5.53. The van der Waals surface area contributed by atoms with Gasteiger partial charge >= 0.3 is 0 Å². The standard InChI is InChI=1S/C16H20N2O2/c19-11-13-9-18(8-7-16(13)20)10-14-6-5-12-3-1-2-4-15(12)17-14/h1-6,13,16,19-20H,7-11H2/t13-,16-/m0/s1. The van der Waals surface area contributed by atoms with Crippen molar-refractivity contribution in [2.24, 2.45) is 5.92 Å². The van der Waals surface area contributed by atoms with Gasteiger partial charge in [-0.3, -0.25) is 9.88 Å². The van der Waals surface area contributed by atoms with Crippen LogP contribution in [0.25, 0.3) is 10.9 Å². The van der Waals surface area contributed by atoms with E-state index in [0.717, 1.165) is 42.7 Å². The number of fused-ring (bicyclic) bond motifs is 1. The minimum absolute atomic E-state index is 0.0378. The molecule has 0 amide bonds. The molecule has 1 fully saturated rings. The smallest absolute Gasteiger partial charge is 0.0705 e. The lowest BCUT2D eigenvalue weighted by atomic mass is 9.95. The number of piperidine rings is 1. The van der Waals surface area contributed by atoms with E-state index in [1.165, 1.54) is 0 Å². The average molecular weight is 272 g/mol. The molecule has 20 heavy (non-hydrogen) atoms. The Morgan fingerprint density at radius 2 is 2.05 bits per heavy atom. The molecule has 1 aliphatic heterocycles. The van der Waals surface area contributed by atoms with E-state index < -0.39 is 0 Å². The van der Waals surface area contributed by atoms with E-state index in [1.54, 1.807) is 0 Å². The summed E-state index contributed by atoms with van der Waals surface area (Å²) in [6.45, 7) is 2.40. The number of hydrogen-bond acceptors (Lipinski definition) is 4. The van der Waals surface area contributed by atoms with Crippen molar-refractivity contribution < 1.29 is 10.2 Å². The average Bonchev–Trinajstić information content (AvgIpc) is 2.49. The Morgan fingerprint density at radius 1 is 1.20 bits per heavy atom. The summed E-state index contributed by atoms with van der Waals surface area (Å²) in [5, 5.41) is 20.2. The lowest BCUT2D eigenvalue weighted by Gasteiger charge is -2.35. The zero-order valence-electron chi connectivity index (χ0n) is 11.4. The molecule has 1 aromatic heterocycles. The summed E-state index contributed by atoms with van der Waals surface area (Å²) in [6, 6.07) is 12.3. The first-order valence-corrected chi connectivity index (χ1v) is 7.12. The van der Waals surface area contributed by atoms with Gasteiger partial charge in [0.05, 0.1) is 17.3 Å². The third-order valence-electron chi connectivity index (χ3n) is 4.05. The Hall–Kier alpha value is -1.49. The van der Waals surface area contributed by atoms with Crippen molar-refractivity contribution in [3.8, 4) is 0 Å². The van der Waals surface area contributed by atoms with Crippen LogP contribution in [0, 0.1) is 5.92 Å². The highest BCUT2D eigenvalue weighted by atomic mass is 16.3. The van der Waals surface area contributed by atoms with Crippen LogP contribution < -0.4 is 0 Å². The Bertz CT molecular complexity index is 587. The third kappa shape index (κ3) is 2.82.